The number of rotatable bonds is 6. The number of benzene rings is 1. The molecule has 1 aromatic carbocycles. The zero-order chi connectivity index (χ0) is 19.2. The number of nitrogens with zero attached hydrogens (tertiary/aromatic N) is 2. The lowest BCUT2D eigenvalue weighted by molar-refractivity contribution is -0.0498. The second-order valence-corrected chi connectivity index (χ2v) is 5.40. The van der Waals surface area contributed by atoms with E-state index in [1.165, 1.54) is 18.2 Å². The summed E-state index contributed by atoms with van der Waals surface area (Å²) in [6.45, 7) is -2.90. The molecule has 0 radical (unpaired) electrons. The molecule has 27 heavy (non-hydrogen) atoms. The molecule has 3 rings (SSSR count). The fourth-order valence-electron chi connectivity index (χ4n) is 2.30. The highest BCUT2D eigenvalue weighted by molar-refractivity contribution is 5.93. The summed E-state index contributed by atoms with van der Waals surface area (Å²) >= 11 is 0. The summed E-state index contributed by atoms with van der Waals surface area (Å²) in [7, 11) is 0. The van der Waals surface area contributed by atoms with Crippen molar-refractivity contribution >= 4 is 5.91 Å². The Morgan fingerprint density at radius 1 is 1.19 bits per heavy atom. The van der Waals surface area contributed by atoms with E-state index in [-0.39, 0.29) is 23.7 Å². The van der Waals surface area contributed by atoms with Crippen LogP contribution in [0.2, 0.25) is 0 Å². The van der Waals surface area contributed by atoms with Crippen molar-refractivity contribution in [3.05, 3.63) is 76.3 Å². The molecule has 0 saturated heterocycles. The monoisotopic (exact) mass is 372 g/mol. The van der Waals surface area contributed by atoms with E-state index < -0.39 is 18.1 Å². The van der Waals surface area contributed by atoms with E-state index in [4.69, 9.17) is 0 Å². The predicted molar refractivity (Wildman–Crippen MR) is 92.3 cm³/mol. The van der Waals surface area contributed by atoms with Crippen LogP contribution in [-0.4, -0.2) is 27.5 Å². The molecule has 0 saturated carbocycles. The van der Waals surface area contributed by atoms with Crippen molar-refractivity contribution in [2.24, 2.45) is 0 Å². The molecule has 0 aliphatic heterocycles. The molecule has 0 fully saturated rings. The number of hydrogen-bond acceptors (Lipinski definition) is 5. The van der Waals surface area contributed by atoms with E-state index in [2.05, 4.69) is 25.0 Å². The standard InChI is InChI=1S/C18H14F2N4O3/c19-18(20)27-12-5-3-4-11(8-12)9-23-16(25)13-10-22-15(24-17(13)26)14-6-1-2-7-21-14/h1-8,10,18H,9H2,(H,23,25)(H,22,24,26). The molecule has 0 spiro atoms. The van der Waals surface area contributed by atoms with Crippen LogP contribution >= 0.6 is 0 Å². The molecule has 2 aromatic heterocycles. The SMILES string of the molecule is O=C(NCc1cccc(OC(F)F)c1)c1cnc(-c2ccccn2)[nH]c1=O. The molecule has 0 aliphatic rings. The van der Waals surface area contributed by atoms with Crippen LogP contribution in [0.4, 0.5) is 8.78 Å². The number of aromatic nitrogens is 3. The maximum absolute atomic E-state index is 12.2. The fourth-order valence-corrected chi connectivity index (χ4v) is 2.30. The van der Waals surface area contributed by atoms with Crippen LogP contribution in [0.15, 0.2) is 59.7 Å². The quantitative estimate of drug-likeness (QED) is 0.692. The van der Waals surface area contributed by atoms with Crippen LogP contribution in [0, 0.1) is 0 Å². The number of ether oxygens (including phenoxy) is 1. The minimum absolute atomic E-state index is 0.0176. The van der Waals surface area contributed by atoms with Crippen LogP contribution in [0.5, 0.6) is 5.75 Å². The average molecular weight is 372 g/mol. The summed E-state index contributed by atoms with van der Waals surface area (Å²) in [5.41, 5.74) is 0.223. The van der Waals surface area contributed by atoms with Gasteiger partial charge in [-0.1, -0.05) is 18.2 Å². The van der Waals surface area contributed by atoms with E-state index in [0.717, 1.165) is 6.20 Å². The van der Waals surface area contributed by atoms with Crippen LogP contribution in [0.3, 0.4) is 0 Å². The normalized spacial score (nSPS) is 10.6. The van der Waals surface area contributed by atoms with Crippen molar-refractivity contribution in [2.75, 3.05) is 0 Å². The number of alkyl halides is 2. The third-order valence-electron chi connectivity index (χ3n) is 3.53. The van der Waals surface area contributed by atoms with Crippen molar-refractivity contribution in [3.63, 3.8) is 0 Å². The van der Waals surface area contributed by atoms with Gasteiger partial charge in [0.25, 0.3) is 11.5 Å². The lowest BCUT2D eigenvalue weighted by atomic mass is 10.2. The van der Waals surface area contributed by atoms with Gasteiger partial charge in [-0.15, -0.1) is 0 Å². The summed E-state index contributed by atoms with van der Waals surface area (Å²) < 4.78 is 28.8. The van der Waals surface area contributed by atoms with Gasteiger partial charge >= 0.3 is 6.61 Å². The number of carbonyl (C=O) groups excluding carboxylic acids is 1. The Morgan fingerprint density at radius 2 is 2.04 bits per heavy atom. The van der Waals surface area contributed by atoms with Crippen LogP contribution in [-0.2, 0) is 6.54 Å². The highest BCUT2D eigenvalue weighted by Crippen LogP contribution is 2.16. The summed E-state index contributed by atoms with van der Waals surface area (Å²) in [5.74, 6) is -0.415. The first kappa shape index (κ1) is 18.2. The van der Waals surface area contributed by atoms with Gasteiger partial charge in [-0.2, -0.15) is 8.78 Å². The van der Waals surface area contributed by atoms with Crippen molar-refractivity contribution in [1.82, 2.24) is 20.3 Å². The molecule has 0 atom stereocenters. The zero-order valence-corrected chi connectivity index (χ0v) is 13.9. The minimum atomic E-state index is -2.93. The Kier molecular flexibility index (Phi) is 5.50. The van der Waals surface area contributed by atoms with Gasteiger partial charge in [-0.25, -0.2) is 4.98 Å². The van der Waals surface area contributed by atoms with Gasteiger partial charge < -0.3 is 15.0 Å². The molecule has 2 N–H and O–H groups in total. The summed E-state index contributed by atoms with van der Waals surface area (Å²) in [6.07, 6.45) is 2.72. The van der Waals surface area contributed by atoms with E-state index in [1.807, 2.05) is 0 Å². The maximum atomic E-state index is 12.2. The first-order valence-corrected chi connectivity index (χ1v) is 7.85. The van der Waals surface area contributed by atoms with E-state index in [0.29, 0.717) is 11.3 Å². The number of H-pyrrole nitrogens is 1. The Morgan fingerprint density at radius 3 is 2.74 bits per heavy atom. The number of amides is 1. The van der Waals surface area contributed by atoms with Crippen molar-refractivity contribution in [3.8, 4) is 17.3 Å². The number of aromatic amines is 1. The van der Waals surface area contributed by atoms with Gasteiger partial charge in [0.2, 0.25) is 0 Å². The molecule has 3 aromatic rings. The fraction of sp³-hybridized carbons (Fsp3) is 0.111. The second-order valence-electron chi connectivity index (χ2n) is 5.40. The topological polar surface area (TPSA) is 97.0 Å². The van der Waals surface area contributed by atoms with Gasteiger partial charge in [0.1, 0.15) is 17.0 Å². The third-order valence-corrected chi connectivity index (χ3v) is 3.53. The van der Waals surface area contributed by atoms with Crippen molar-refractivity contribution in [1.29, 1.82) is 0 Å². The van der Waals surface area contributed by atoms with Gasteiger partial charge in [-0.05, 0) is 29.8 Å². The molecule has 0 aliphatic carbocycles. The number of halogens is 2. The van der Waals surface area contributed by atoms with E-state index in [1.54, 1.807) is 30.5 Å². The lowest BCUT2D eigenvalue weighted by Crippen LogP contribution is -2.29. The molecule has 7 nitrogen and oxygen atoms in total. The first-order valence-electron chi connectivity index (χ1n) is 7.85. The maximum Gasteiger partial charge on any atom is 0.387 e. The smallest absolute Gasteiger partial charge is 0.387 e. The predicted octanol–water partition coefficient (Wildman–Crippen LogP) is 2.36. The highest BCUT2D eigenvalue weighted by Gasteiger charge is 2.13. The van der Waals surface area contributed by atoms with E-state index in [9.17, 15) is 18.4 Å². The number of pyridine rings is 1. The Balaban J connectivity index is 1.69. The number of hydrogen-bond donors (Lipinski definition) is 2. The summed E-state index contributed by atoms with van der Waals surface area (Å²) in [6, 6.07) is 11.0. The van der Waals surface area contributed by atoms with Gasteiger partial charge in [0.15, 0.2) is 5.82 Å². The van der Waals surface area contributed by atoms with Crippen LogP contribution < -0.4 is 15.6 Å². The Bertz CT molecular complexity index is 993. The Labute approximate surface area is 152 Å². The number of nitrogens with one attached hydrogen (secondary N) is 2. The van der Waals surface area contributed by atoms with E-state index >= 15 is 0 Å². The Hall–Kier alpha value is -3.62. The molecular formula is C18H14F2N4O3. The molecule has 9 heteroatoms. The highest BCUT2D eigenvalue weighted by atomic mass is 19.3. The minimum Gasteiger partial charge on any atom is -0.435 e. The lowest BCUT2D eigenvalue weighted by Gasteiger charge is -2.08. The molecule has 0 bridgehead atoms. The van der Waals surface area contributed by atoms with Crippen LogP contribution in [0.25, 0.3) is 11.5 Å². The summed E-state index contributed by atoms with van der Waals surface area (Å²) in [5, 5.41) is 2.54. The number of carbonyl (C=O) groups is 1. The third kappa shape index (κ3) is 4.72. The molecule has 138 valence electrons. The zero-order valence-electron chi connectivity index (χ0n) is 13.9. The van der Waals surface area contributed by atoms with Gasteiger partial charge in [-0.3, -0.25) is 14.6 Å². The molecular weight excluding hydrogens is 358 g/mol. The van der Waals surface area contributed by atoms with Gasteiger partial charge in [0.05, 0.1) is 0 Å². The second kappa shape index (κ2) is 8.17. The summed E-state index contributed by atoms with van der Waals surface area (Å²) in [4.78, 5) is 35.0. The van der Waals surface area contributed by atoms with Crippen LogP contribution in [0.1, 0.15) is 15.9 Å². The van der Waals surface area contributed by atoms with Gasteiger partial charge in [0, 0.05) is 18.9 Å². The molecule has 1 amide bonds. The average Bonchev–Trinajstić information content (AvgIpc) is 2.66. The van der Waals surface area contributed by atoms with Crippen molar-refractivity contribution in [2.45, 2.75) is 13.2 Å². The molecule has 0 unspecified atom stereocenters. The van der Waals surface area contributed by atoms with Crippen molar-refractivity contribution < 1.29 is 18.3 Å². The largest absolute Gasteiger partial charge is 0.435 e. The molecule has 2 heterocycles. The first-order chi connectivity index (χ1) is 13.0.